The number of aliphatic hydroxyl groups excluding tert-OH is 1. The van der Waals surface area contributed by atoms with Gasteiger partial charge >= 0.3 is 0 Å². The normalized spacial score (nSPS) is 13.2. The molecule has 0 amide bonds. The molecule has 0 saturated heterocycles. The Kier molecular flexibility index (Phi) is 6.30. The summed E-state index contributed by atoms with van der Waals surface area (Å²) >= 11 is 0. The van der Waals surface area contributed by atoms with Crippen LogP contribution in [0.1, 0.15) is 38.2 Å². The minimum absolute atomic E-state index is 0.277. The summed E-state index contributed by atoms with van der Waals surface area (Å²) in [7, 11) is 0. The van der Waals surface area contributed by atoms with Gasteiger partial charge in [-0.25, -0.2) is 0 Å². The molecule has 1 heterocycles. The summed E-state index contributed by atoms with van der Waals surface area (Å²) in [4.78, 5) is 0. The Morgan fingerprint density at radius 3 is 2.65 bits per heavy atom. The lowest BCUT2D eigenvalue weighted by Gasteiger charge is -2.18. The predicted octanol–water partition coefficient (Wildman–Crippen LogP) is 2.72. The van der Waals surface area contributed by atoms with Gasteiger partial charge in [0.25, 0.3) is 0 Å². The van der Waals surface area contributed by atoms with Crippen LogP contribution in [-0.2, 0) is 6.54 Å². The third-order valence-electron chi connectivity index (χ3n) is 2.87. The minimum atomic E-state index is 0.277. The van der Waals surface area contributed by atoms with Crippen LogP contribution in [0.15, 0.2) is 16.5 Å². The van der Waals surface area contributed by atoms with Crippen LogP contribution in [0.2, 0.25) is 0 Å². The van der Waals surface area contributed by atoms with Crippen molar-refractivity contribution in [2.45, 2.75) is 40.2 Å². The molecule has 98 valence electrons. The number of hydrogen-bond donors (Lipinski definition) is 2. The Morgan fingerprint density at radius 2 is 2.12 bits per heavy atom. The van der Waals surface area contributed by atoms with E-state index in [0.717, 1.165) is 37.5 Å². The summed E-state index contributed by atoms with van der Waals surface area (Å²) in [6.07, 6.45) is 2.03. The van der Waals surface area contributed by atoms with Gasteiger partial charge in [-0.2, -0.15) is 0 Å². The maximum Gasteiger partial charge on any atom is 0.117 e. The van der Waals surface area contributed by atoms with Gasteiger partial charge in [0.05, 0.1) is 6.54 Å². The highest BCUT2D eigenvalue weighted by molar-refractivity contribution is 5.05. The summed E-state index contributed by atoms with van der Waals surface area (Å²) < 4.78 is 5.49. The molecule has 0 fully saturated rings. The molecule has 3 nitrogen and oxygen atoms in total. The molecule has 1 aromatic heterocycles. The molecule has 1 atom stereocenters. The van der Waals surface area contributed by atoms with Crippen molar-refractivity contribution in [3.05, 3.63) is 23.7 Å². The fourth-order valence-electron chi connectivity index (χ4n) is 2.13. The maximum absolute atomic E-state index is 9.02. The summed E-state index contributed by atoms with van der Waals surface area (Å²) in [5.41, 5.74) is 0. The Labute approximate surface area is 104 Å². The molecular formula is C14H25NO2. The number of aliphatic hydroxyl groups is 1. The van der Waals surface area contributed by atoms with Gasteiger partial charge < -0.3 is 14.8 Å². The van der Waals surface area contributed by atoms with E-state index in [-0.39, 0.29) is 6.61 Å². The van der Waals surface area contributed by atoms with Gasteiger partial charge in [0.15, 0.2) is 0 Å². The standard InChI is InChI=1S/C14H25NO2/c1-11(2)8-13(6-7-16)9-15-10-14-5-4-12(3)17-14/h4-5,11,13,15-16H,6-10H2,1-3H3. The van der Waals surface area contributed by atoms with Gasteiger partial charge in [0.1, 0.15) is 11.5 Å². The van der Waals surface area contributed by atoms with E-state index in [1.807, 2.05) is 19.1 Å². The number of aryl methyl sites for hydroxylation is 1. The maximum atomic E-state index is 9.02. The molecule has 1 unspecified atom stereocenters. The number of furan rings is 1. The van der Waals surface area contributed by atoms with Gasteiger partial charge in [-0.3, -0.25) is 0 Å². The lowest BCUT2D eigenvalue weighted by atomic mass is 9.94. The monoisotopic (exact) mass is 239 g/mol. The van der Waals surface area contributed by atoms with Crippen molar-refractivity contribution in [2.24, 2.45) is 11.8 Å². The first-order chi connectivity index (χ1) is 8.11. The van der Waals surface area contributed by atoms with Crippen LogP contribution in [0.5, 0.6) is 0 Å². The van der Waals surface area contributed by atoms with Crippen molar-refractivity contribution in [1.29, 1.82) is 0 Å². The Bertz CT molecular complexity index is 307. The molecule has 3 heteroatoms. The van der Waals surface area contributed by atoms with Gasteiger partial charge in [0.2, 0.25) is 0 Å². The second-order valence-electron chi connectivity index (χ2n) is 5.15. The van der Waals surface area contributed by atoms with Crippen LogP contribution in [0.3, 0.4) is 0 Å². The lowest BCUT2D eigenvalue weighted by molar-refractivity contribution is 0.238. The molecule has 0 bridgehead atoms. The highest BCUT2D eigenvalue weighted by atomic mass is 16.3. The van der Waals surface area contributed by atoms with Gasteiger partial charge in [0, 0.05) is 6.61 Å². The van der Waals surface area contributed by atoms with Gasteiger partial charge in [-0.1, -0.05) is 13.8 Å². The summed E-state index contributed by atoms with van der Waals surface area (Å²) in [5, 5.41) is 12.4. The summed E-state index contributed by atoms with van der Waals surface area (Å²) in [6.45, 7) is 8.39. The van der Waals surface area contributed by atoms with Crippen molar-refractivity contribution in [3.8, 4) is 0 Å². The Hall–Kier alpha value is -0.800. The first-order valence-corrected chi connectivity index (χ1v) is 6.48. The van der Waals surface area contributed by atoms with Crippen molar-refractivity contribution in [2.75, 3.05) is 13.2 Å². The molecule has 17 heavy (non-hydrogen) atoms. The highest BCUT2D eigenvalue weighted by Crippen LogP contribution is 2.14. The Balaban J connectivity index is 2.26. The third-order valence-corrected chi connectivity index (χ3v) is 2.87. The van der Waals surface area contributed by atoms with E-state index >= 15 is 0 Å². The average molecular weight is 239 g/mol. The molecule has 1 rings (SSSR count). The smallest absolute Gasteiger partial charge is 0.117 e. The van der Waals surface area contributed by atoms with Gasteiger partial charge in [-0.15, -0.1) is 0 Å². The van der Waals surface area contributed by atoms with E-state index in [9.17, 15) is 0 Å². The van der Waals surface area contributed by atoms with Crippen molar-refractivity contribution >= 4 is 0 Å². The average Bonchev–Trinajstić information content (AvgIpc) is 2.63. The van der Waals surface area contributed by atoms with E-state index in [0.29, 0.717) is 11.8 Å². The van der Waals surface area contributed by atoms with E-state index in [4.69, 9.17) is 9.52 Å². The SMILES string of the molecule is Cc1ccc(CNCC(CCO)CC(C)C)o1. The van der Waals surface area contributed by atoms with E-state index in [1.54, 1.807) is 0 Å². The van der Waals surface area contributed by atoms with Crippen LogP contribution in [-0.4, -0.2) is 18.3 Å². The molecule has 1 aromatic rings. The quantitative estimate of drug-likeness (QED) is 0.733. The summed E-state index contributed by atoms with van der Waals surface area (Å²) in [6, 6.07) is 3.99. The number of nitrogens with one attached hydrogen (secondary N) is 1. The van der Waals surface area contributed by atoms with Crippen LogP contribution in [0, 0.1) is 18.8 Å². The molecule has 0 saturated carbocycles. The Morgan fingerprint density at radius 1 is 1.35 bits per heavy atom. The lowest BCUT2D eigenvalue weighted by Crippen LogP contribution is -2.24. The zero-order chi connectivity index (χ0) is 12.7. The number of rotatable bonds is 8. The largest absolute Gasteiger partial charge is 0.465 e. The summed E-state index contributed by atoms with van der Waals surface area (Å²) in [5.74, 6) is 3.17. The fraction of sp³-hybridized carbons (Fsp3) is 0.714. The van der Waals surface area contributed by atoms with Crippen molar-refractivity contribution < 1.29 is 9.52 Å². The molecular weight excluding hydrogens is 214 g/mol. The van der Waals surface area contributed by atoms with Crippen LogP contribution in [0.25, 0.3) is 0 Å². The molecule has 0 spiro atoms. The van der Waals surface area contributed by atoms with E-state index in [1.165, 1.54) is 0 Å². The van der Waals surface area contributed by atoms with E-state index in [2.05, 4.69) is 19.2 Å². The van der Waals surface area contributed by atoms with Crippen LogP contribution >= 0.6 is 0 Å². The fourth-order valence-corrected chi connectivity index (χ4v) is 2.13. The third kappa shape index (κ3) is 5.89. The first-order valence-electron chi connectivity index (χ1n) is 6.48. The molecule has 0 radical (unpaired) electrons. The predicted molar refractivity (Wildman–Crippen MR) is 69.8 cm³/mol. The molecule has 0 aliphatic rings. The first kappa shape index (κ1) is 14.3. The van der Waals surface area contributed by atoms with E-state index < -0.39 is 0 Å². The number of hydrogen-bond acceptors (Lipinski definition) is 3. The molecule has 0 aliphatic carbocycles. The molecule has 0 aromatic carbocycles. The molecule has 2 N–H and O–H groups in total. The van der Waals surface area contributed by atoms with Crippen molar-refractivity contribution in [1.82, 2.24) is 5.32 Å². The highest BCUT2D eigenvalue weighted by Gasteiger charge is 2.10. The zero-order valence-electron chi connectivity index (χ0n) is 11.2. The molecule has 0 aliphatic heterocycles. The van der Waals surface area contributed by atoms with Crippen LogP contribution < -0.4 is 5.32 Å². The zero-order valence-corrected chi connectivity index (χ0v) is 11.2. The topological polar surface area (TPSA) is 45.4 Å². The van der Waals surface area contributed by atoms with Gasteiger partial charge in [-0.05, 0) is 50.3 Å². The van der Waals surface area contributed by atoms with Crippen LogP contribution in [0.4, 0.5) is 0 Å². The second kappa shape index (κ2) is 7.51. The second-order valence-corrected chi connectivity index (χ2v) is 5.15. The van der Waals surface area contributed by atoms with Crippen molar-refractivity contribution in [3.63, 3.8) is 0 Å². The minimum Gasteiger partial charge on any atom is -0.465 e.